The first-order valence-corrected chi connectivity index (χ1v) is 8.78. The van der Waals surface area contributed by atoms with Gasteiger partial charge in [0.1, 0.15) is 5.60 Å². The molecule has 0 unspecified atom stereocenters. The molecule has 2 nitrogen and oxygen atoms in total. The van der Waals surface area contributed by atoms with Crippen LogP contribution in [0.2, 0.25) is 0 Å². The molecule has 2 rings (SSSR count). The third-order valence-electron chi connectivity index (χ3n) is 4.22. The van der Waals surface area contributed by atoms with E-state index in [0.717, 1.165) is 24.0 Å². The van der Waals surface area contributed by atoms with Gasteiger partial charge < -0.3 is 4.74 Å². The van der Waals surface area contributed by atoms with E-state index in [9.17, 15) is 4.79 Å². The van der Waals surface area contributed by atoms with Gasteiger partial charge >= 0.3 is 5.97 Å². The minimum Gasteiger partial charge on any atom is -0.456 e. The van der Waals surface area contributed by atoms with E-state index in [-0.39, 0.29) is 5.97 Å². The molecule has 0 spiro atoms. The van der Waals surface area contributed by atoms with Gasteiger partial charge in [-0.3, -0.25) is 0 Å². The number of carbonyl (C=O) groups excluding carboxylic acids is 1. The van der Waals surface area contributed by atoms with Crippen LogP contribution in [-0.4, -0.2) is 11.6 Å². The first-order valence-electron chi connectivity index (χ1n) is 8.78. The molecule has 0 heterocycles. The first-order chi connectivity index (χ1) is 11.4. The second kappa shape index (κ2) is 7.65. The van der Waals surface area contributed by atoms with E-state index in [1.807, 2.05) is 45.0 Å². The zero-order valence-corrected chi connectivity index (χ0v) is 15.4. The Morgan fingerprint density at radius 3 is 2.08 bits per heavy atom. The Balaban J connectivity index is 2.34. The normalized spacial score (nSPS) is 11.6. The molecule has 0 N–H and O–H groups in total. The maximum atomic E-state index is 12.5. The molecule has 2 aromatic rings. The second-order valence-electron chi connectivity index (χ2n) is 7.18. The Morgan fingerprint density at radius 1 is 0.958 bits per heavy atom. The van der Waals surface area contributed by atoms with Crippen LogP contribution in [0.1, 0.15) is 69.3 Å². The molecule has 0 amide bonds. The number of benzene rings is 2. The Labute approximate surface area is 145 Å². The molecule has 0 fully saturated rings. The lowest BCUT2D eigenvalue weighted by molar-refractivity contribution is 0.00705. The quantitative estimate of drug-likeness (QED) is 0.611. The Bertz CT molecular complexity index is 674. The molecule has 2 heteroatoms. The molecular formula is C22H28O2. The summed E-state index contributed by atoms with van der Waals surface area (Å²) in [5.74, 6) is 0.322. The van der Waals surface area contributed by atoms with E-state index in [0.29, 0.717) is 11.5 Å². The lowest BCUT2D eigenvalue weighted by Gasteiger charge is -2.20. The van der Waals surface area contributed by atoms with Gasteiger partial charge in [-0.1, -0.05) is 56.3 Å². The van der Waals surface area contributed by atoms with Crippen LogP contribution in [0.5, 0.6) is 0 Å². The van der Waals surface area contributed by atoms with Gasteiger partial charge in [0, 0.05) is 0 Å². The molecule has 0 aromatic heterocycles. The Hall–Kier alpha value is -2.09. The second-order valence-corrected chi connectivity index (χ2v) is 7.18. The van der Waals surface area contributed by atoms with Crippen molar-refractivity contribution in [3.8, 4) is 11.1 Å². The molecule has 0 saturated heterocycles. The van der Waals surface area contributed by atoms with Crippen molar-refractivity contribution in [3.05, 3.63) is 59.7 Å². The SMILES string of the molecule is CCC(CC)c1ccc(-c2ccccc2C(=O)OC(C)(C)C)cc1. The van der Waals surface area contributed by atoms with E-state index in [4.69, 9.17) is 4.74 Å². The number of carbonyl (C=O) groups is 1. The van der Waals surface area contributed by atoms with Crippen molar-refractivity contribution in [1.82, 2.24) is 0 Å². The summed E-state index contributed by atoms with van der Waals surface area (Å²) in [5, 5.41) is 0. The molecule has 128 valence electrons. The summed E-state index contributed by atoms with van der Waals surface area (Å²) < 4.78 is 5.54. The van der Waals surface area contributed by atoms with Crippen LogP contribution in [0.4, 0.5) is 0 Å². The molecule has 2 aromatic carbocycles. The summed E-state index contributed by atoms with van der Waals surface area (Å²) in [6.07, 6.45) is 2.29. The lowest BCUT2D eigenvalue weighted by atomic mass is 9.91. The van der Waals surface area contributed by atoms with Gasteiger partial charge in [0.2, 0.25) is 0 Å². The number of esters is 1. The third-order valence-corrected chi connectivity index (χ3v) is 4.22. The molecular weight excluding hydrogens is 296 g/mol. The minimum atomic E-state index is -0.497. The summed E-state index contributed by atoms with van der Waals surface area (Å²) in [5.41, 5.74) is 3.44. The highest BCUT2D eigenvalue weighted by Gasteiger charge is 2.20. The Morgan fingerprint density at radius 2 is 1.54 bits per heavy atom. The average molecular weight is 324 g/mol. The van der Waals surface area contributed by atoms with E-state index in [1.165, 1.54) is 5.56 Å². The molecule has 0 radical (unpaired) electrons. The summed E-state index contributed by atoms with van der Waals surface area (Å²) in [6.45, 7) is 10.1. The monoisotopic (exact) mass is 324 g/mol. The topological polar surface area (TPSA) is 26.3 Å². The number of hydrogen-bond donors (Lipinski definition) is 0. The highest BCUT2D eigenvalue weighted by molar-refractivity contribution is 5.97. The highest BCUT2D eigenvalue weighted by atomic mass is 16.6. The summed E-state index contributed by atoms with van der Waals surface area (Å²) >= 11 is 0. The largest absolute Gasteiger partial charge is 0.456 e. The lowest BCUT2D eigenvalue weighted by Crippen LogP contribution is -2.24. The van der Waals surface area contributed by atoms with Crippen molar-refractivity contribution in [2.75, 3.05) is 0 Å². The van der Waals surface area contributed by atoms with Crippen molar-refractivity contribution >= 4 is 5.97 Å². The van der Waals surface area contributed by atoms with E-state index < -0.39 is 5.60 Å². The maximum absolute atomic E-state index is 12.5. The van der Waals surface area contributed by atoms with Crippen molar-refractivity contribution in [3.63, 3.8) is 0 Å². The summed E-state index contributed by atoms with van der Waals surface area (Å²) in [6, 6.07) is 16.2. The number of ether oxygens (including phenoxy) is 1. The van der Waals surface area contributed by atoms with Gasteiger partial charge in [-0.05, 0) is 62.3 Å². The minimum absolute atomic E-state index is 0.276. The predicted octanol–water partition coefficient (Wildman–Crippen LogP) is 6.21. The fraction of sp³-hybridized carbons (Fsp3) is 0.409. The number of rotatable bonds is 5. The fourth-order valence-corrected chi connectivity index (χ4v) is 2.94. The van der Waals surface area contributed by atoms with Crippen LogP contribution in [0.15, 0.2) is 48.5 Å². The van der Waals surface area contributed by atoms with Gasteiger partial charge in [0.15, 0.2) is 0 Å². The van der Waals surface area contributed by atoms with Crippen LogP contribution in [0, 0.1) is 0 Å². The van der Waals surface area contributed by atoms with Gasteiger partial charge in [-0.25, -0.2) is 4.79 Å². The molecule has 0 aliphatic heterocycles. The van der Waals surface area contributed by atoms with Crippen molar-refractivity contribution < 1.29 is 9.53 Å². The summed E-state index contributed by atoms with van der Waals surface area (Å²) in [7, 11) is 0. The predicted molar refractivity (Wildman–Crippen MR) is 100 cm³/mol. The van der Waals surface area contributed by atoms with Crippen molar-refractivity contribution in [1.29, 1.82) is 0 Å². The van der Waals surface area contributed by atoms with Gasteiger partial charge in [0.25, 0.3) is 0 Å². The van der Waals surface area contributed by atoms with E-state index in [1.54, 1.807) is 0 Å². The highest BCUT2D eigenvalue weighted by Crippen LogP contribution is 2.29. The van der Waals surface area contributed by atoms with Crippen LogP contribution in [0.3, 0.4) is 0 Å². The van der Waals surface area contributed by atoms with Crippen LogP contribution in [-0.2, 0) is 4.74 Å². The van der Waals surface area contributed by atoms with Gasteiger partial charge in [-0.2, -0.15) is 0 Å². The average Bonchev–Trinajstić information content (AvgIpc) is 2.55. The van der Waals surface area contributed by atoms with E-state index in [2.05, 4.69) is 38.1 Å². The zero-order chi connectivity index (χ0) is 17.7. The van der Waals surface area contributed by atoms with Gasteiger partial charge in [0.05, 0.1) is 5.56 Å². The first kappa shape index (κ1) is 18.3. The third kappa shape index (κ3) is 4.47. The van der Waals surface area contributed by atoms with Gasteiger partial charge in [-0.15, -0.1) is 0 Å². The van der Waals surface area contributed by atoms with Crippen LogP contribution >= 0.6 is 0 Å². The zero-order valence-electron chi connectivity index (χ0n) is 15.4. The Kier molecular flexibility index (Phi) is 5.82. The number of hydrogen-bond acceptors (Lipinski definition) is 2. The van der Waals surface area contributed by atoms with Crippen molar-refractivity contribution in [2.45, 2.75) is 59.0 Å². The smallest absolute Gasteiger partial charge is 0.339 e. The molecule has 0 atom stereocenters. The molecule has 0 aliphatic carbocycles. The van der Waals surface area contributed by atoms with Crippen LogP contribution in [0.25, 0.3) is 11.1 Å². The van der Waals surface area contributed by atoms with Crippen LogP contribution < -0.4 is 0 Å². The molecule has 0 bridgehead atoms. The maximum Gasteiger partial charge on any atom is 0.339 e. The van der Waals surface area contributed by atoms with Crippen molar-refractivity contribution in [2.24, 2.45) is 0 Å². The molecule has 24 heavy (non-hydrogen) atoms. The fourth-order valence-electron chi connectivity index (χ4n) is 2.94. The molecule has 0 aliphatic rings. The standard InChI is InChI=1S/C22H28O2/c1-6-16(7-2)17-12-14-18(15-13-17)19-10-8-9-11-20(19)21(23)24-22(3,4)5/h8-16H,6-7H2,1-5H3. The molecule has 0 saturated carbocycles. The summed E-state index contributed by atoms with van der Waals surface area (Å²) in [4.78, 5) is 12.5. The van der Waals surface area contributed by atoms with E-state index >= 15 is 0 Å².